The molecule has 1 saturated heterocycles. The molecular weight excluding hydrogens is 305 g/mol. The van der Waals surface area contributed by atoms with Crippen LogP contribution in [0.4, 0.5) is 4.39 Å². The summed E-state index contributed by atoms with van der Waals surface area (Å²) in [7, 11) is 1.52. The van der Waals surface area contributed by atoms with Gasteiger partial charge in [-0.1, -0.05) is 6.07 Å². The Kier molecular flexibility index (Phi) is 5.54. The summed E-state index contributed by atoms with van der Waals surface area (Å²) >= 11 is 0. The first-order chi connectivity index (χ1) is 10.9. The van der Waals surface area contributed by atoms with E-state index in [4.69, 9.17) is 14.6 Å². The van der Waals surface area contributed by atoms with Crippen LogP contribution in [-0.4, -0.2) is 54.3 Å². The molecule has 2 rings (SSSR count). The third-order valence-corrected chi connectivity index (χ3v) is 3.88. The lowest BCUT2D eigenvalue weighted by Gasteiger charge is -2.23. The molecule has 1 aromatic rings. The highest BCUT2D eigenvalue weighted by atomic mass is 19.1. The minimum atomic E-state index is -0.977. The zero-order valence-electron chi connectivity index (χ0n) is 13.1. The largest absolute Gasteiger partial charge is 0.481 e. The van der Waals surface area contributed by atoms with Crippen LogP contribution in [0.25, 0.3) is 0 Å². The van der Waals surface area contributed by atoms with Gasteiger partial charge in [0.15, 0.2) is 18.2 Å². The molecule has 1 N–H and O–H groups in total. The van der Waals surface area contributed by atoms with E-state index in [2.05, 4.69) is 0 Å². The maximum absolute atomic E-state index is 13.6. The highest BCUT2D eigenvalue weighted by Crippen LogP contribution is 2.24. The molecule has 1 amide bonds. The molecule has 1 aliphatic rings. The Balaban J connectivity index is 2.00. The molecule has 1 fully saturated rings. The minimum absolute atomic E-state index is 0.00984. The number of nitrogens with zero attached hydrogens (tertiary/aromatic N) is 1. The second-order valence-electron chi connectivity index (χ2n) is 5.61. The SMILES string of the molecule is CO[C@@H]1C[C@@H](CC(=O)O)N(C(=O)COc2cc(C)ccc2F)C1. The summed E-state index contributed by atoms with van der Waals surface area (Å²) in [6.45, 7) is 1.76. The first-order valence-corrected chi connectivity index (χ1v) is 7.33. The van der Waals surface area contributed by atoms with Crippen LogP contribution < -0.4 is 4.74 Å². The average Bonchev–Trinajstić information content (AvgIpc) is 2.90. The van der Waals surface area contributed by atoms with E-state index in [0.29, 0.717) is 13.0 Å². The Morgan fingerprint density at radius 2 is 2.17 bits per heavy atom. The number of benzene rings is 1. The zero-order chi connectivity index (χ0) is 17.0. The van der Waals surface area contributed by atoms with Crippen LogP contribution in [0.5, 0.6) is 5.75 Å². The van der Waals surface area contributed by atoms with Gasteiger partial charge in [-0.2, -0.15) is 0 Å². The molecular formula is C16H20FNO5. The molecule has 0 aliphatic carbocycles. The van der Waals surface area contributed by atoms with Crippen LogP contribution in [-0.2, 0) is 14.3 Å². The highest BCUT2D eigenvalue weighted by Gasteiger charge is 2.36. The number of halogens is 1. The molecule has 126 valence electrons. The summed E-state index contributed by atoms with van der Waals surface area (Å²) in [4.78, 5) is 24.7. The topological polar surface area (TPSA) is 76.1 Å². The van der Waals surface area contributed by atoms with Gasteiger partial charge in [-0.25, -0.2) is 4.39 Å². The number of ether oxygens (including phenoxy) is 2. The summed E-state index contributed by atoms with van der Waals surface area (Å²) < 4.78 is 24.1. The van der Waals surface area contributed by atoms with Crippen molar-refractivity contribution >= 4 is 11.9 Å². The molecule has 1 heterocycles. The van der Waals surface area contributed by atoms with Crippen LogP contribution in [0, 0.1) is 12.7 Å². The van der Waals surface area contributed by atoms with E-state index in [1.165, 1.54) is 24.1 Å². The first kappa shape index (κ1) is 17.2. The lowest BCUT2D eigenvalue weighted by molar-refractivity contribution is -0.140. The molecule has 0 spiro atoms. The number of amides is 1. The number of carboxylic acid groups (broad SMARTS) is 1. The Hall–Kier alpha value is -2.15. The monoisotopic (exact) mass is 325 g/mol. The van der Waals surface area contributed by atoms with E-state index in [-0.39, 0.29) is 30.8 Å². The fourth-order valence-electron chi connectivity index (χ4n) is 2.69. The molecule has 1 aliphatic heterocycles. The van der Waals surface area contributed by atoms with Gasteiger partial charge in [0, 0.05) is 19.7 Å². The molecule has 6 nitrogen and oxygen atoms in total. The van der Waals surface area contributed by atoms with E-state index in [1.54, 1.807) is 13.0 Å². The number of rotatable bonds is 6. The first-order valence-electron chi connectivity index (χ1n) is 7.33. The highest BCUT2D eigenvalue weighted by molar-refractivity contribution is 5.79. The maximum Gasteiger partial charge on any atom is 0.305 e. The van der Waals surface area contributed by atoms with Gasteiger partial charge in [0.25, 0.3) is 5.91 Å². The van der Waals surface area contributed by atoms with E-state index in [9.17, 15) is 14.0 Å². The summed E-state index contributed by atoms with van der Waals surface area (Å²) in [6, 6.07) is 3.96. The van der Waals surface area contributed by atoms with Gasteiger partial charge >= 0.3 is 5.97 Å². The second kappa shape index (κ2) is 7.41. The minimum Gasteiger partial charge on any atom is -0.481 e. The van der Waals surface area contributed by atoms with Crippen molar-refractivity contribution in [3.8, 4) is 5.75 Å². The smallest absolute Gasteiger partial charge is 0.305 e. The second-order valence-corrected chi connectivity index (χ2v) is 5.61. The van der Waals surface area contributed by atoms with Crippen LogP contribution >= 0.6 is 0 Å². The lowest BCUT2D eigenvalue weighted by Crippen LogP contribution is -2.40. The van der Waals surface area contributed by atoms with Crippen molar-refractivity contribution in [2.45, 2.75) is 31.9 Å². The number of carbonyl (C=O) groups is 2. The molecule has 1 aromatic carbocycles. The van der Waals surface area contributed by atoms with Crippen LogP contribution in [0.3, 0.4) is 0 Å². The Morgan fingerprint density at radius 1 is 1.43 bits per heavy atom. The van der Waals surface area contributed by atoms with Crippen LogP contribution in [0.2, 0.25) is 0 Å². The molecule has 0 bridgehead atoms. The van der Waals surface area contributed by atoms with Gasteiger partial charge in [-0.15, -0.1) is 0 Å². The maximum atomic E-state index is 13.6. The fraction of sp³-hybridized carbons (Fsp3) is 0.500. The van der Waals surface area contributed by atoms with Gasteiger partial charge in [0.05, 0.1) is 12.5 Å². The van der Waals surface area contributed by atoms with Crippen molar-refractivity contribution in [1.82, 2.24) is 4.90 Å². The summed E-state index contributed by atoms with van der Waals surface area (Å²) in [5, 5.41) is 8.95. The number of carbonyl (C=O) groups excluding carboxylic acids is 1. The van der Waals surface area contributed by atoms with Gasteiger partial charge in [-0.3, -0.25) is 9.59 Å². The number of hydrogen-bond acceptors (Lipinski definition) is 4. The third kappa shape index (κ3) is 4.41. The molecule has 7 heteroatoms. The molecule has 23 heavy (non-hydrogen) atoms. The number of likely N-dealkylation sites (tertiary alicyclic amines) is 1. The van der Waals surface area contributed by atoms with E-state index >= 15 is 0 Å². The summed E-state index contributed by atoms with van der Waals surface area (Å²) in [6.07, 6.45) is 0.122. The number of methoxy groups -OCH3 is 1. The predicted molar refractivity (Wildman–Crippen MR) is 79.8 cm³/mol. The van der Waals surface area contributed by atoms with E-state index < -0.39 is 17.8 Å². The van der Waals surface area contributed by atoms with Crippen LogP contribution in [0.1, 0.15) is 18.4 Å². The standard InChI is InChI=1S/C16H20FNO5/c1-10-3-4-13(17)14(5-10)23-9-15(19)18-8-12(22-2)6-11(18)7-16(20)21/h3-5,11-12H,6-9H2,1-2H3,(H,20,21)/t11-,12+/m0/s1. The van der Waals surface area contributed by atoms with Crippen molar-refractivity contribution in [3.63, 3.8) is 0 Å². The Morgan fingerprint density at radius 3 is 2.83 bits per heavy atom. The van der Waals surface area contributed by atoms with Crippen molar-refractivity contribution < 1.29 is 28.6 Å². The van der Waals surface area contributed by atoms with Crippen molar-refractivity contribution in [2.24, 2.45) is 0 Å². The third-order valence-electron chi connectivity index (χ3n) is 3.88. The molecule has 0 radical (unpaired) electrons. The molecule has 0 saturated carbocycles. The Labute approximate surface area is 133 Å². The fourth-order valence-corrected chi connectivity index (χ4v) is 2.69. The normalized spacial score (nSPS) is 20.6. The van der Waals surface area contributed by atoms with Gasteiger partial charge in [0.1, 0.15) is 0 Å². The number of aryl methyl sites for hydroxylation is 1. The quantitative estimate of drug-likeness (QED) is 0.860. The van der Waals surface area contributed by atoms with Crippen molar-refractivity contribution in [3.05, 3.63) is 29.6 Å². The molecule has 0 aromatic heterocycles. The van der Waals surface area contributed by atoms with Crippen molar-refractivity contribution in [2.75, 3.05) is 20.3 Å². The van der Waals surface area contributed by atoms with Gasteiger partial charge in [-0.05, 0) is 31.0 Å². The average molecular weight is 325 g/mol. The summed E-state index contributed by atoms with van der Waals surface area (Å²) in [5.74, 6) is -1.88. The molecule has 2 atom stereocenters. The Bertz CT molecular complexity index is 592. The van der Waals surface area contributed by atoms with E-state index in [1.807, 2.05) is 0 Å². The van der Waals surface area contributed by atoms with Crippen molar-refractivity contribution in [1.29, 1.82) is 0 Å². The van der Waals surface area contributed by atoms with Gasteiger partial charge < -0.3 is 19.5 Å². The number of hydrogen-bond donors (Lipinski definition) is 1. The molecule has 0 unspecified atom stereocenters. The van der Waals surface area contributed by atoms with E-state index in [0.717, 1.165) is 5.56 Å². The number of carboxylic acids is 1. The van der Waals surface area contributed by atoms with Gasteiger partial charge in [0.2, 0.25) is 0 Å². The zero-order valence-corrected chi connectivity index (χ0v) is 13.1. The lowest BCUT2D eigenvalue weighted by atomic mass is 10.1. The predicted octanol–water partition coefficient (Wildman–Crippen LogP) is 1.60. The number of aliphatic carboxylic acids is 1. The van der Waals surface area contributed by atoms with Crippen LogP contribution in [0.15, 0.2) is 18.2 Å². The summed E-state index contributed by atoms with van der Waals surface area (Å²) in [5.41, 5.74) is 0.818.